The molecule has 1 saturated heterocycles. The molecule has 2 unspecified atom stereocenters. The molecule has 5 nitrogen and oxygen atoms in total. The number of aromatic nitrogens is 3. The Morgan fingerprint density at radius 1 is 1.40 bits per heavy atom. The van der Waals surface area contributed by atoms with Crippen molar-refractivity contribution >= 4 is 11.0 Å². The molecule has 1 N–H and O–H groups in total. The van der Waals surface area contributed by atoms with E-state index >= 15 is 0 Å². The van der Waals surface area contributed by atoms with Crippen molar-refractivity contribution in [1.29, 1.82) is 0 Å². The van der Waals surface area contributed by atoms with Crippen molar-refractivity contribution in [3.05, 3.63) is 24.3 Å². The summed E-state index contributed by atoms with van der Waals surface area (Å²) < 4.78 is 8.01. The largest absolute Gasteiger partial charge is 0.379 e. The minimum Gasteiger partial charge on any atom is -0.379 e. The maximum Gasteiger partial charge on any atom is 0.117 e. The lowest BCUT2D eigenvalue weighted by Crippen LogP contribution is -2.35. The van der Waals surface area contributed by atoms with Crippen molar-refractivity contribution in [2.24, 2.45) is 0 Å². The van der Waals surface area contributed by atoms with Crippen molar-refractivity contribution < 1.29 is 4.74 Å². The molecule has 20 heavy (non-hydrogen) atoms. The Kier molecular flexibility index (Phi) is 3.98. The first-order chi connectivity index (χ1) is 9.85. The number of nitrogens with zero attached hydrogens (tertiary/aromatic N) is 3. The molecule has 1 aliphatic rings. The third kappa shape index (κ3) is 2.31. The molecule has 2 atom stereocenters. The normalized spacial score (nSPS) is 22.7. The summed E-state index contributed by atoms with van der Waals surface area (Å²) >= 11 is 0. The fourth-order valence-electron chi connectivity index (χ4n) is 3.01. The average Bonchev–Trinajstić information content (AvgIpc) is 3.05. The highest BCUT2D eigenvalue weighted by Crippen LogP contribution is 2.28. The van der Waals surface area contributed by atoms with Crippen molar-refractivity contribution in [2.75, 3.05) is 19.8 Å². The van der Waals surface area contributed by atoms with Gasteiger partial charge < -0.3 is 14.6 Å². The molecule has 0 aliphatic carbocycles. The van der Waals surface area contributed by atoms with Crippen LogP contribution in [0.15, 0.2) is 18.5 Å². The van der Waals surface area contributed by atoms with Crippen LogP contribution in [0.1, 0.15) is 32.0 Å². The molecular weight excluding hydrogens is 252 g/mol. The smallest absolute Gasteiger partial charge is 0.117 e. The monoisotopic (exact) mass is 274 g/mol. The lowest BCUT2D eigenvalue weighted by molar-refractivity contribution is 0.187. The molecule has 0 saturated carbocycles. The van der Waals surface area contributed by atoms with Gasteiger partial charge in [0.1, 0.15) is 11.3 Å². The molecule has 1 aliphatic heterocycles. The summed E-state index contributed by atoms with van der Waals surface area (Å²) in [5.74, 6) is 1.47. The molecule has 0 spiro atoms. The standard InChI is InChI=1S/C15H22N4O/c1-3-7-19-14-5-6-16-8-12(14)18-15(19)11-9-20-10-13(11)17-4-2/h5-6,8,11,13,17H,3-4,7,9-10H2,1-2H3. The first-order valence-corrected chi connectivity index (χ1v) is 7.46. The minimum atomic E-state index is 0.328. The summed E-state index contributed by atoms with van der Waals surface area (Å²) in [5, 5.41) is 3.51. The summed E-state index contributed by atoms with van der Waals surface area (Å²) in [6.45, 7) is 7.80. The molecule has 5 heteroatoms. The summed E-state index contributed by atoms with van der Waals surface area (Å²) in [6.07, 6.45) is 4.79. The predicted molar refractivity (Wildman–Crippen MR) is 78.8 cm³/mol. The molecule has 108 valence electrons. The number of nitrogens with one attached hydrogen (secondary N) is 1. The second kappa shape index (κ2) is 5.89. The van der Waals surface area contributed by atoms with Gasteiger partial charge in [-0.05, 0) is 19.0 Å². The zero-order chi connectivity index (χ0) is 13.9. The molecule has 3 rings (SSSR count). The van der Waals surface area contributed by atoms with Crippen molar-refractivity contribution in [2.45, 2.75) is 38.8 Å². The SMILES string of the molecule is CCCn1c(C2COCC2NCC)nc2cnccc21. The molecule has 1 fully saturated rings. The number of likely N-dealkylation sites (N-methyl/N-ethyl adjacent to an activating group) is 1. The van der Waals surface area contributed by atoms with Gasteiger partial charge in [0.15, 0.2) is 0 Å². The van der Waals surface area contributed by atoms with Gasteiger partial charge in [0.05, 0.1) is 30.8 Å². The van der Waals surface area contributed by atoms with Crippen LogP contribution in [0.3, 0.4) is 0 Å². The van der Waals surface area contributed by atoms with Gasteiger partial charge in [-0.1, -0.05) is 13.8 Å². The van der Waals surface area contributed by atoms with E-state index in [1.165, 1.54) is 5.52 Å². The van der Waals surface area contributed by atoms with E-state index in [-0.39, 0.29) is 0 Å². The number of imidazole rings is 1. The van der Waals surface area contributed by atoms with E-state index in [0.717, 1.165) is 44.1 Å². The number of hydrogen-bond acceptors (Lipinski definition) is 4. The summed E-state index contributed by atoms with van der Waals surface area (Å²) in [4.78, 5) is 9.01. The fourth-order valence-corrected chi connectivity index (χ4v) is 3.01. The number of hydrogen-bond donors (Lipinski definition) is 1. The molecule has 3 heterocycles. The van der Waals surface area contributed by atoms with Gasteiger partial charge in [0.25, 0.3) is 0 Å². The van der Waals surface area contributed by atoms with Gasteiger partial charge >= 0.3 is 0 Å². The third-order valence-corrected chi connectivity index (χ3v) is 3.91. The molecule has 0 aromatic carbocycles. The predicted octanol–water partition coefficient (Wildman–Crippen LogP) is 1.93. The molecule has 0 amide bonds. The van der Waals surface area contributed by atoms with Crippen LogP contribution in [0.4, 0.5) is 0 Å². The molecule has 0 bridgehead atoms. The van der Waals surface area contributed by atoms with Gasteiger partial charge in [0, 0.05) is 18.8 Å². The first-order valence-electron chi connectivity index (χ1n) is 7.46. The van der Waals surface area contributed by atoms with Crippen LogP contribution in [0.25, 0.3) is 11.0 Å². The second-order valence-corrected chi connectivity index (χ2v) is 5.29. The minimum absolute atomic E-state index is 0.328. The number of aryl methyl sites for hydroxylation is 1. The Hall–Kier alpha value is -1.46. The maximum atomic E-state index is 5.67. The number of ether oxygens (including phenoxy) is 1. The van der Waals surface area contributed by atoms with Crippen molar-refractivity contribution in [3.8, 4) is 0 Å². The van der Waals surface area contributed by atoms with Crippen molar-refractivity contribution in [1.82, 2.24) is 19.9 Å². The number of pyridine rings is 1. The Balaban J connectivity index is 2.03. The first kappa shape index (κ1) is 13.5. The van der Waals surface area contributed by atoms with E-state index in [4.69, 9.17) is 9.72 Å². The van der Waals surface area contributed by atoms with Gasteiger partial charge in [-0.3, -0.25) is 4.98 Å². The van der Waals surface area contributed by atoms with E-state index in [1.807, 2.05) is 12.4 Å². The van der Waals surface area contributed by atoms with E-state index in [0.29, 0.717) is 12.0 Å². The Morgan fingerprint density at radius 2 is 2.30 bits per heavy atom. The van der Waals surface area contributed by atoms with Gasteiger partial charge in [-0.2, -0.15) is 0 Å². The van der Waals surface area contributed by atoms with Crippen LogP contribution in [0.2, 0.25) is 0 Å². The van der Waals surface area contributed by atoms with Crippen LogP contribution < -0.4 is 5.32 Å². The summed E-state index contributed by atoms with van der Waals surface area (Å²) in [5.41, 5.74) is 2.16. The average molecular weight is 274 g/mol. The Labute approximate surface area is 119 Å². The van der Waals surface area contributed by atoms with Gasteiger partial charge in [-0.15, -0.1) is 0 Å². The van der Waals surface area contributed by atoms with E-state index in [1.54, 1.807) is 0 Å². The van der Waals surface area contributed by atoms with E-state index in [9.17, 15) is 0 Å². The third-order valence-electron chi connectivity index (χ3n) is 3.91. The van der Waals surface area contributed by atoms with Crippen LogP contribution in [0.5, 0.6) is 0 Å². The Bertz CT molecular complexity index is 580. The topological polar surface area (TPSA) is 52.0 Å². The number of rotatable bonds is 5. The molecule has 2 aromatic heterocycles. The van der Waals surface area contributed by atoms with Crippen molar-refractivity contribution in [3.63, 3.8) is 0 Å². The van der Waals surface area contributed by atoms with Crippen LogP contribution >= 0.6 is 0 Å². The summed E-state index contributed by atoms with van der Waals surface area (Å²) in [6, 6.07) is 2.42. The Morgan fingerprint density at radius 3 is 3.10 bits per heavy atom. The molecule has 0 radical (unpaired) electrons. The van der Waals surface area contributed by atoms with Crippen LogP contribution in [-0.4, -0.2) is 40.3 Å². The fraction of sp³-hybridized carbons (Fsp3) is 0.600. The van der Waals surface area contributed by atoms with Gasteiger partial charge in [0.2, 0.25) is 0 Å². The molecule has 2 aromatic rings. The highest BCUT2D eigenvalue weighted by atomic mass is 16.5. The zero-order valence-corrected chi connectivity index (χ0v) is 12.2. The maximum absolute atomic E-state index is 5.67. The highest BCUT2D eigenvalue weighted by Gasteiger charge is 2.32. The van der Waals surface area contributed by atoms with E-state index in [2.05, 4.69) is 34.8 Å². The zero-order valence-electron chi connectivity index (χ0n) is 12.2. The lowest BCUT2D eigenvalue weighted by atomic mass is 10.0. The second-order valence-electron chi connectivity index (χ2n) is 5.29. The summed E-state index contributed by atoms with van der Waals surface area (Å²) in [7, 11) is 0. The number of fused-ring (bicyclic) bond motifs is 1. The van der Waals surface area contributed by atoms with Gasteiger partial charge in [-0.25, -0.2) is 4.98 Å². The molecular formula is C15H22N4O. The van der Waals surface area contributed by atoms with E-state index < -0.39 is 0 Å². The highest BCUT2D eigenvalue weighted by molar-refractivity contribution is 5.74. The van der Waals surface area contributed by atoms with Crippen LogP contribution in [-0.2, 0) is 11.3 Å². The van der Waals surface area contributed by atoms with Crippen LogP contribution in [0, 0.1) is 0 Å². The lowest BCUT2D eigenvalue weighted by Gasteiger charge is -2.19. The quantitative estimate of drug-likeness (QED) is 0.905.